The molecule has 0 aliphatic heterocycles. The van der Waals surface area contributed by atoms with E-state index in [1.54, 1.807) is 23.5 Å². The van der Waals surface area contributed by atoms with E-state index >= 15 is 0 Å². The number of rotatable bonds is 3. The molecule has 0 atom stereocenters. The molecule has 4 rings (SSSR count). The van der Waals surface area contributed by atoms with Crippen LogP contribution in [0.3, 0.4) is 0 Å². The Bertz CT molecular complexity index is 962. The van der Waals surface area contributed by atoms with Gasteiger partial charge in [-0.15, -0.1) is 11.3 Å². The minimum atomic E-state index is -0.467. The first-order valence-corrected chi connectivity index (χ1v) is 8.64. The van der Waals surface area contributed by atoms with Gasteiger partial charge in [0, 0.05) is 17.3 Å². The third-order valence-electron chi connectivity index (χ3n) is 4.13. The Morgan fingerprint density at radius 3 is 2.88 bits per heavy atom. The first kappa shape index (κ1) is 15.0. The van der Waals surface area contributed by atoms with E-state index in [0.717, 1.165) is 36.1 Å². The summed E-state index contributed by atoms with van der Waals surface area (Å²) in [5, 5.41) is 0.707. The minimum absolute atomic E-state index is 0.0606. The lowest BCUT2D eigenvalue weighted by Gasteiger charge is -2.09. The highest BCUT2D eigenvalue weighted by Crippen LogP contribution is 2.33. The number of aromatic amines is 1. The van der Waals surface area contributed by atoms with Gasteiger partial charge in [0.15, 0.2) is 0 Å². The van der Waals surface area contributed by atoms with Crippen LogP contribution in [0.1, 0.15) is 39.5 Å². The number of H-pyrrole nitrogens is 1. The normalized spacial score (nSPS) is 13.7. The molecule has 122 valence electrons. The Morgan fingerprint density at radius 2 is 2.04 bits per heavy atom. The highest BCUT2D eigenvalue weighted by Gasteiger charge is 2.20. The van der Waals surface area contributed by atoms with Gasteiger partial charge >= 0.3 is 5.97 Å². The summed E-state index contributed by atoms with van der Waals surface area (Å²) in [7, 11) is 0. The molecule has 0 bridgehead atoms. The SMILES string of the molecule is O=C(OCc1nc2sc3c(c2c(=O)[nH]1)CCCC3)c1ccncc1. The van der Waals surface area contributed by atoms with Crippen molar-refractivity contribution in [2.24, 2.45) is 0 Å². The van der Waals surface area contributed by atoms with Gasteiger partial charge in [-0.1, -0.05) is 0 Å². The third kappa shape index (κ3) is 2.71. The number of fused-ring (bicyclic) bond motifs is 3. The lowest BCUT2D eigenvalue weighted by Crippen LogP contribution is -2.15. The molecule has 0 saturated carbocycles. The van der Waals surface area contributed by atoms with Crippen molar-refractivity contribution in [2.45, 2.75) is 32.3 Å². The zero-order valence-electron chi connectivity index (χ0n) is 12.9. The van der Waals surface area contributed by atoms with Crippen LogP contribution in [0.15, 0.2) is 29.3 Å². The lowest BCUT2D eigenvalue weighted by atomic mass is 9.97. The number of nitrogens with zero attached hydrogens (tertiary/aromatic N) is 2. The van der Waals surface area contributed by atoms with Crippen molar-refractivity contribution in [1.82, 2.24) is 15.0 Å². The van der Waals surface area contributed by atoms with E-state index in [0.29, 0.717) is 16.8 Å². The van der Waals surface area contributed by atoms with Gasteiger partial charge in [-0.25, -0.2) is 9.78 Å². The number of aryl methyl sites for hydroxylation is 2. The first-order chi connectivity index (χ1) is 11.7. The smallest absolute Gasteiger partial charge is 0.338 e. The van der Waals surface area contributed by atoms with Crippen LogP contribution in [0, 0.1) is 0 Å². The molecule has 1 aliphatic carbocycles. The van der Waals surface area contributed by atoms with E-state index in [-0.39, 0.29) is 12.2 Å². The number of carbonyl (C=O) groups excluding carboxylic acids is 1. The van der Waals surface area contributed by atoms with Crippen molar-refractivity contribution in [3.8, 4) is 0 Å². The first-order valence-electron chi connectivity index (χ1n) is 7.83. The zero-order valence-corrected chi connectivity index (χ0v) is 13.7. The van der Waals surface area contributed by atoms with Crippen molar-refractivity contribution in [2.75, 3.05) is 0 Å². The molecule has 0 fully saturated rings. The molecule has 0 spiro atoms. The number of esters is 1. The van der Waals surface area contributed by atoms with E-state index in [9.17, 15) is 9.59 Å². The summed E-state index contributed by atoms with van der Waals surface area (Å²) in [6.07, 6.45) is 7.29. The number of aromatic nitrogens is 3. The van der Waals surface area contributed by atoms with Crippen LogP contribution in [-0.2, 0) is 24.2 Å². The Kier molecular flexibility index (Phi) is 3.86. The molecule has 0 amide bonds. The van der Waals surface area contributed by atoms with Crippen LogP contribution in [0.2, 0.25) is 0 Å². The standard InChI is InChI=1S/C17H15N3O3S/c21-15-14-11-3-1-2-4-12(11)24-16(14)20-13(19-15)9-23-17(22)10-5-7-18-8-6-10/h5-8H,1-4,9H2,(H,19,20,21). The van der Waals surface area contributed by atoms with Gasteiger partial charge in [-0.05, 0) is 43.4 Å². The van der Waals surface area contributed by atoms with Gasteiger partial charge < -0.3 is 9.72 Å². The molecule has 0 saturated heterocycles. The maximum Gasteiger partial charge on any atom is 0.338 e. The number of nitrogens with one attached hydrogen (secondary N) is 1. The molecule has 0 radical (unpaired) electrons. The van der Waals surface area contributed by atoms with Crippen molar-refractivity contribution in [3.05, 3.63) is 56.7 Å². The number of carbonyl (C=O) groups is 1. The van der Waals surface area contributed by atoms with E-state index < -0.39 is 5.97 Å². The van der Waals surface area contributed by atoms with Crippen molar-refractivity contribution in [3.63, 3.8) is 0 Å². The van der Waals surface area contributed by atoms with Crippen molar-refractivity contribution < 1.29 is 9.53 Å². The summed E-state index contributed by atoms with van der Waals surface area (Å²) in [5.74, 6) is -0.0980. The van der Waals surface area contributed by atoms with Crippen LogP contribution in [-0.4, -0.2) is 20.9 Å². The third-order valence-corrected chi connectivity index (χ3v) is 5.32. The van der Waals surface area contributed by atoms with Gasteiger partial charge in [-0.2, -0.15) is 0 Å². The van der Waals surface area contributed by atoms with E-state index in [2.05, 4.69) is 15.0 Å². The predicted octanol–water partition coefficient (Wildman–Crippen LogP) is 2.62. The molecular weight excluding hydrogens is 326 g/mol. The Morgan fingerprint density at radius 1 is 1.25 bits per heavy atom. The molecule has 6 nitrogen and oxygen atoms in total. The zero-order chi connectivity index (χ0) is 16.5. The Hall–Kier alpha value is -2.54. The van der Waals surface area contributed by atoms with Crippen LogP contribution >= 0.6 is 11.3 Å². The molecule has 3 aromatic rings. The molecule has 24 heavy (non-hydrogen) atoms. The highest BCUT2D eigenvalue weighted by atomic mass is 32.1. The van der Waals surface area contributed by atoms with E-state index in [1.165, 1.54) is 17.3 Å². The van der Waals surface area contributed by atoms with Gasteiger partial charge in [0.2, 0.25) is 0 Å². The fourth-order valence-corrected chi connectivity index (χ4v) is 4.26. The average molecular weight is 341 g/mol. The van der Waals surface area contributed by atoms with Gasteiger partial charge in [0.1, 0.15) is 17.3 Å². The number of thiophene rings is 1. The molecular formula is C17H15N3O3S. The van der Waals surface area contributed by atoms with Crippen LogP contribution < -0.4 is 5.56 Å². The highest BCUT2D eigenvalue weighted by molar-refractivity contribution is 7.18. The second-order valence-electron chi connectivity index (χ2n) is 5.72. The fourth-order valence-electron chi connectivity index (χ4n) is 2.98. The van der Waals surface area contributed by atoms with Crippen LogP contribution in [0.4, 0.5) is 0 Å². The second-order valence-corrected chi connectivity index (χ2v) is 6.80. The molecule has 0 unspecified atom stereocenters. The van der Waals surface area contributed by atoms with Gasteiger partial charge in [-0.3, -0.25) is 9.78 Å². The molecule has 3 aromatic heterocycles. The summed E-state index contributed by atoms with van der Waals surface area (Å²) in [6, 6.07) is 3.16. The van der Waals surface area contributed by atoms with Crippen molar-refractivity contribution in [1.29, 1.82) is 0 Å². The maximum absolute atomic E-state index is 12.4. The number of ether oxygens (including phenoxy) is 1. The Labute approximate surface area is 141 Å². The quantitative estimate of drug-likeness (QED) is 0.740. The predicted molar refractivity (Wildman–Crippen MR) is 90.2 cm³/mol. The number of pyridine rings is 1. The molecule has 1 aliphatic rings. The molecule has 3 heterocycles. The number of hydrogen-bond acceptors (Lipinski definition) is 6. The Balaban J connectivity index is 1.59. The fraction of sp³-hybridized carbons (Fsp3) is 0.294. The van der Waals surface area contributed by atoms with E-state index in [4.69, 9.17) is 4.74 Å². The largest absolute Gasteiger partial charge is 0.454 e. The summed E-state index contributed by atoms with van der Waals surface area (Å²) < 4.78 is 5.23. The summed E-state index contributed by atoms with van der Waals surface area (Å²) >= 11 is 1.58. The van der Waals surface area contributed by atoms with Crippen LogP contribution in [0.5, 0.6) is 0 Å². The van der Waals surface area contributed by atoms with Gasteiger partial charge in [0.25, 0.3) is 5.56 Å². The average Bonchev–Trinajstić information content (AvgIpc) is 2.99. The van der Waals surface area contributed by atoms with E-state index in [1.807, 2.05) is 0 Å². The summed E-state index contributed by atoms with van der Waals surface area (Å²) in [5.41, 5.74) is 1.42. The lowest BCUT2D eigenvalue weighted by molar-refractivity contribution is 0.0462. The summed E-state index contributed by atoms with van der Waals surface area (Å²) in [6.45, 7) is -0.0606. The maximum atomic E-state index is 12.4. The van der Waals surface area contributed by atoms with Gasteiger partial charge in [0.05, 0.1) is 10.9 Å². The van der Waals surface area contributed by atoms with Crippen molar-refractivity contribution >= 4 is 27.5 Å². The second kappa shape index (κ2) is 6.16. The molecule has 1 N–H and O–H groups in total. The van der Waals surface area contributed by atoms with Crippen LogP contribution in [0.25, 0.3) is 10.2 Å². The topological polar surface area (TPSA) is 84.9 Å². The molecule has 7 heteroatoms. The monoisotopic (exact) mass is 341 g/mol. The number of hydrogen-bond donors (Lipinski definition) is 1. The molecule has 0 aromatic carbocycles. The summed E-state index contributed by atoms with van der Waals surface area (Å²) in [4.78, 5) is 37.5. The minimum Gasteiger partial charge on any atom is -0.454 e.